The molecule has 3 heteroatoms. The van der Waals surface area contributed by atoms with E-state index >= 15 is 0 Å². The molecule has 0 N–H and O–H groups in total. The van der Waals surface area contributed by atoms with Crippen LogP contribution in [0.4, 0.5) is 0 Å². The van der Waals surface area contributed by atoms with Gasteiger partial charge in [-0.2, -0.15) is 0 Å². The molecular weight excluding hydrogens is 164 g/mol. The summed E-state index contributed by atoms with van der Waals surface area (Å²) in [5, 5.41) is 0. The molecule has 0 aliphatic rings. The van der Waals surface area contributed by atoms with Crippen LogP contribution in [0.25, 0.3) is 0 Å². The Labute approximate surface area is 78.2 Å². The molecule has 3 nitrogen and oxygen atoms in total. The van der Waals surface area contributed by atoms with E-state index in [1.54, 1.807) is 13.1 Å². The standard InChI is InChI=1S/C10H14N2O/c1-4-9(8(3)13)10-11-6-5-7(2)12-10/h5-6,9H,4H2,1-3H3. The van der Waals surface area contributed by atoms with E-state index in [1.165, 1.54) is 0 Å². The van der Waals surface area contributed by atoms with Gasteiger partial charge in [0.1, 0.15) is 11.6 Å². The number of carbonyl (C=O) groups is 1. The normalized spacial score (nSPS) is 12.5. The molecule has 0 radical (unpaired) electrons. The van der Waals surface area contributed by atoms with Crippen LogP contribution in [-0.2, 0) is 4.79 Å². The van der Waals surface area contributed by atoms with Crippen molar-refractivity contribution in [3.05, 3.63) is 23.8 Å². The third-order valence-corrected chi connectivity index (χ3v) is 2.02. The van der Waals surface area contributed by atoms with E-state index in [0.717, 1.165) is 12.1 Å². The van der Waals surface area contributed by atoms with Crippen molar-refractivity contribution in [2.24, 2.45) is 0 Å². The average Bonchev–Trinajstić information content (AvgIpc) is 2.04. The highest BCUT2D eigenvalue weighted by molar-refractivity contribution is 5.82. The molecular formula is C10H14N2O. The maximum atomic E-state index is 11.2. The first kappa shape index (κ1) is 9.84. The second-order valence-electron chi connectivity index (χ2n) is 3.13. The van der Waals surface area contributed by atoms with E-state index in [-0.39, 0.29) is 11.7 Å². The lowest BCUT2D eigenvalue weighted by Gasteiger charge is -2.09. The molecule has 13 heavy (non-hydrogen) atoms. The SMILES string of the molecule is CCC(C(C)=O)c1nccc(C)n1. The van der Waals surface area contributed by atoms with Crippen LogP contribution in [0.15, 0.2) is 12.3 Å². The summed E-state index contributed by atoms with van der Waals surface area (Å²) < 4.78 is 0. The molecule has 0 saturated carbocycles. The van der Waals surface area contributed by atoms with Crippen LogP contribution >= 0.6 is 0 Å². The van der Waals surface area contributed by atoms with Gasteiger partial charge in [-0.15, -0.1) is 0 Å². The second kappa shape index (κ2) is 4.12. The highest BCUT2D eigenvalue weighted by atomic mass is 16.1. The van der Waals surface area contributed by atoms with Crippen LogP contribution in [0.1, 0.15) is 37.7 Å². The number of hydrogen-bond donors (Lipinski definition) is 0. The molecule has 0 saturated heterocycles. The topological polar surface area (TPSA) is 42.9 Å². The molecule has 0 bridgehead atoms. The minimum absolute atomic E-state index is 0.133. The highest BCUT2D eigenvalue weighted by Gasteiger charge is 2.16. The maximum Gasteiger partial charge on any atom is 0.140 e. The number of ketones is 1. The summed E-state index contributed by atoms with van der Waals surface area (Å²) in [5.74, 6) is 0.642. The van der Waals surface area contributed by atoms with Crippen molar-refractivity contribution in [2.45, 2.75) is 33.1 Å². The second-order valence-corrected chi connectivity index (χ2v) is 3.13. The Hall–Kier alpha value is -1.25. The summed E-state index contributed by atoms with van der Waals surface area (Å²) in [6, 6.07) is 1.83. The first-order chi connectivity index (χ1) is 6.15. The molecule has 0 fully saturated rings. The minimum Gasteiger partial charge on any atom is -0.299 e. The van der Waals surface area contributed by atoms with Gasteiger partial charge in [-0.25, -0.2) is 9.97 Å². The molecule has 0 aromatic carbocycles. The summed E-state index contributed by atoms with van der Waals surface area (Å²) in [6.07, 6.45) is 2.46. The number of aryl methyl sites for hydroxylation is 1. The average molecular weight is 178 g/mol. The van der Waals surface area contributed by atoms with Gasteiger partial charge in [0.05, 0.1) is 5.92 Å². The van der Waals surface area contributed by atoms with E-state index in [9.17, 15) is 4.79 Å². The molecule has 70 valence electrons. The van der Waals surface area contributed by atoms with Crippen LogP contribution < -0.4 is 0 Å². The molecule has 1 aromatic rings. The van der Waals surface area contributed by atoms with E-state index in [1.807, 2.05) is 19.9 Å². The maximum absolute atomic E-state index is 11.2. The Bertz CT molecular complexity index is 310. The summed E-state index contributed by atoms with van der Waals surface area (Å²) in [5.41, 5.74) is 0.907. The predicted molar refractivity (Wildman–Crippen MR) is 50.5 cm³/mol. The zero-order valence-electron chi connectivity index (χ0n) is 8.24. The fourth-order valence-corrected chi connectivity index (χ4v) is 1.29. The zero-order valence-corrected chi connectivity index (χ0v) is 8.24. The van der Waals surface area contributed by atoms with Gasteiger partial charge in [-0.05, 0) is 26.3 Å². The van der Waals surface area contributed by atoms with Crippen molar-refractivity contribution in [3.63, 3.8) is 0 Å². The Morgan fingerprint density at radius 3 is 2.77 bits per heavy atom. The van der Waals surface area contributed by atoms with Gasteiger partial charge in [0.2, 0.25) is 0 Å². The lowest BCUT2D eigenvalue weighted by atomic mass is 10.0. The molecule has 1 aromatic heterocycles. The number of nitrogens with zero attached hydrogens (tertiary/aromatic N) is 2. The van der Waals surface area contributed by atoms with Gasteiger partial charge >= 0.3 is 0 Å². The third-order valence-electron chi connectivity index (χ3n) is 2.02. The summed E-state index contributed by atoms with van der Waals surface area (Å²) in [4.78, 5) is 19.5. The van der Waals surface area contributed by atoms with Gasteiger partial charge in [0.15, 0.2) is 0 Å². The Kier molecular flexibility index (Phi) is 3.12. The monoisotopic (exact) mass is 178 g/mol. The number of Topliss-reactive ketones (excluding diaryl/α,β-unsaturated/α-hetero) is 1. The van der Waals surface area contributed by atoms with Crippen molar-refractivity contribution in [2.75, 3.05) is 0 Å². The number of carbonyl (C=O) groups excluding carboxylic acids is 1. The van der Waals surface area contributed by atoms with E-state index in [4.69, 9.17) is 0 Å². The quantitative estimate of drug-likeness (QED) is 0.709. The van der Waals surface area contributed by atoms with Gasteiger partial charge in [-0.1, -0.05) is 6.92 Å². The first-order valence-corrected chi connectivity index (χ1v) is 4.45. The highest BCUT2D eigenvalue weighted by Crippen LogP contribution is 2.15. The van der Waals surface area contributed by atoms with Crippen molar-refractivity contribution in [1.29, 1.82) is 0 Å². The van der Waals surface area contributed by atoms with E-state index < -0.39 is 0 Å². The molecule has 1 heterocycles. The van der Waals surface area contributed by atoms with Crippen molar-refractivity contribution in [3.8, 4) is 0 Å². The Balaban J connectivity index is 2.98. The van der Waals surface area contributed by atoms with E-state index in [2.05, 4.69) is 9.97 Å². The fourth-order valence-electron chi connectivity index (χ4n) is 1.29. The number of hydrogen-bond acceptors (Lipinski definition) is 3. The Morgan fingerprint density at radius 2 is 2.31 bits per heavy atom. The Morgan fingerprint density at radius 1 is 1.62 bits per heavy atom. The van der Waals surface area contributed by atoms with Crippen LogP contribution in [0.3, 0.4) is 0 Å². The lowest BCUT2D eigenvalue weighted by molar-refractivity contribution is -0.118. The summed E-state index contributed by atoms with van der Waals surface area (Å²) in [7, 11) is 0. The van der Waals surface area contributed by atoms with Gasteiger partial charge in [0.25, 0.3) is 0 Å². The largest absolute Gasteiger partial charge is 0.299 e. The molecule has 0 aliphatic heterocycles. The molecule has 1 unspecified atom stereocenters. The zero-order chi connectivity index (χ0) is 9.84. The number of rotatable bonds is 3. The molecule has 0 spiro atoms. The van der Waals surface area contributed by atoms with E-state index in [0.29, 0.717) is 5.82 Å². The third kappa shape index (κ3) is 2.34. The van der Waals surface area contributed by atoms with Crippen LogP contribution in [0, 0.1) is 6.92 Å². The predicted octanol–water partition coefficient (Wildman–Crippen LogP) is 1.87. The number of aromatic nitrogens is 2. The van der Waals surface area contributed by atoms with Crippen molar-refractivity contribution in [1.82, 2.24) is 9.97 Å². The van der Waals surface area contributed by atoms with Gasteiger partial charge < -0.3 is 0 Å². The first-order valence-electron chi connectivity index (χ1n) is 4.45. The smallest absolute Gasteiger partial charge is 0.140 e. The summed E-state index contributed by atoms with van der Waals surface area (Å²) >= 11 is 0. The molecule has 1 atom stereocenters. The van der Waals surface area contributed by atoms with Crippen molar-refractivity contribution < 1.29 is 4.79 Å². The van der Waals surface area contributed by atoms with Crippen LogP contribution in [0.2, 0.25) is 0 Å². The minimum atomic E-state index is -0.139. The van der Waals surface area contributed by atoms with Gasteiger partial charge in [0, 0.05) is 11.9 Å². The molecule has 0 amide bonds. The van der Waals surface area contributed by atoms with Gasteiger partial charge in [-0.3, -0.25) is 4.79 Å². The fraction of sp³-hybridized carbons (Fsp3) is 0.500. The van der Waals surface area contributed by atoms with Crippen LogP contribution in [0.5, 0.6) is 0 Å². The molecule has 0 aliphatic carbocycles. The summed E-state index contributed by atoms with van der Waals surface area (Å²) in [6.45, 7) is 5.45. The van der Waals surface area contributed by atoms with Crippen molar-refractivity contribution >= 4 is 5.78 Å². The van der Waals surface area contributed by atoms with Crippen LogP contribution in [-0.4, -0.2) is 15.8 Å². The molecule has 1 rings (SSSR count). The lowest BCUT2D eigenvalue weighted by Crippen LogP contribution is -2.11.